The number of hydrogen-bond donors (Lipinski definition) is 0. The molecule has 1 aliphatic carbocycles. The van der Waals surface area contributed by atoms with Crippen LogP contribution in [0.1, 0.15) is 39.5 Å². The molecule has 1 heteroatoms. The monoisotopic (exact) mass is 238 g/mol. The standard InChI is InChI=1S/C8H15I/c1-7-5-3-4-6-8(7,2)9/h7H,3-6H2,1-2H3. The summed E-state index contributed by atoms with van der Waals surface area (Å²) in [5, 5.41) is 0. The van der Waals surface area contributed by atoms with Gasteiger partial charge in [0.1, 0.15) is 0 Å². The largest absolute Gasteiger partial charge is 0.0789 e. The summed E-state index contributed by atoms with van der Waals surface area (Å²) in [4.78, 5) is 0. The molecule has 0 spiro atoms. The number of hydrogen-bond acceptors (Lipinski definition) is 0. The first-order chi connectivity index (χ1) is 4.13. The summed E-state index contributed by atoms with van der Waals surface area (Å²) in [6, 6.07) is 0. The van der Waals surface area contributed by atoms with Crippen LogP contribution in [0.2, 0.25) is 0 Å². The van der Waals surface area contributed by atoms with Crippen molar-refractivity contribution in [3.8, 4) is 0 Å². The maximum atomic E-state index is 2.62. The second kappa shape index (κ2) is 2.77. The first kappa shape index (κ1) is 7.83. The summed E-state index contributed by atoms with van der Waals surface area (Å²) < 4.78 is 0.607. The smallest absolute Gasteiger partial charge is 0.0219 e. The highest BCUT2D eigenvalue weighted by molar-refractivity contribution is 14.1. The van der Waals surface area contributed by atoms with Gasteiger partial charge >= 0.3 is 0 Å². The van der Waals surface area contributed by atoms with E-state index >= 15 is 0 Å². The van der Waals surface area contributed by atoms with Gasteiger partial charge in [0.25, 0.3) is 0 Å². The highest BCUT2D eigenvalue weighted by atomic mass is 127. The first-order valence-electron chi connectivity index (χ1n) is 3.82. The predicted molar refractivity (Wildman–Crippen MR) is 50.1 cm³/mol. The normalized spacial score (nSPS) is 45.0. The number of alkyl halides is 1. The van der Waals surface area contributed by atoms with Gasteiger partial charge in [-0.25, -0.2) is 0 Å². The summed E-state index contributed by atoms with van der Waals surface area (Å²) >= 11 is 2.62. The van der Waals surface area contributed by atoms with Crippen LogP contribution in [0.4, 0.5) is 0 Å². The molecule has 54 valence electrons. The van der Waals surface area contributed by atoms with Gasteiger partial charge in [-0.1, -0.05) is 49.3 Å². The Bertz CT molecular complexity index is 96.7. The van der Waals surface area contributed by atoms with E-state index in [0.717, 1.165) is 5.92 Å². The topological polar surface area (TPSA) is 0 Å². The third-order valence-electron chi connectivity index (χ3n) is 2.58. The predicted octanol–water partition coefficient (Wildman–Crippen LogP) is 3.39. The van der Waals surface area contributed by atoms with Gasteiger partial charge in [0.05, 0.1) is 0 Å². The summed E-state index contributed by atoms with van der Waals surface area (Å²) in [5.41, 5.74) is 0. The molecular formula is C8H15I. The van der Waals surface area contributed by atoms with Crippen molar-refractivity contribution in [1.29, 1.82) is 0 Å². The van der Waals surface area contributed by atoms with Gasteiger partial charge in [-0.05, 0) is 18.8 Å². The van der Waals surface area contributed by atoms with Gasteiger partial charge in [0.2, 0.25) is 0 Å². The lowest BCUT2D eigenvalue weighted by atomic mass is 9.82. The molecule has 2 atom stereocenters. The molecule has 0 bridgehead atoms. The lowest BCUT2D eigenvalue weighted by Crippen LogP contribution is -2.28. The molecule has 1 fully saturated rings. The zero-order chi connectivity index (χ0) is 6.91. The molecule has 1 aliphatic rings. The zero-order valence-corrected chi connectivity index (χ0v) is 8.44. The average molecular weight is 238 g/mol. The van der Waals surface area contributed by atoms with Crippen molar-refractivity contribution < 1.29 is 0 Å². The molecule has 0 aliphatic heterocycles. The van der Waals surface area contributed by atoms with Gasteiger partial charge in [-0.2, -0.15) is 0 Å². The average Bonchev–Trinajstić information content (AvgIpc) is 1.77. The van der Waals surface area contributed by atoms with E-state index in [2.05, 4.69) is 36.4 Å². The van der Waals surface area contributed by atoms with Gasteiger partial charge in [-0.15, -0.1) is 0 Å². The van der Waals surface area contributed by atoms with Crippen LogP contribution in [0.15, 0.2) is 0 Å². The van der Waals surface area contributed by atoms with Crippen LogP contribution in [-0.4, -0.2) is 3.42 Å². The molecule has 0 aromatic heterocycles. The van der Waals surface area contributed by atoms with Crippen molar-refractivity contribution in [3.05, 3.63) is 0 Å². The summed E-state index contributed by atoms with van der Waals surface area (Å²) in [6.07, 6.45) is 5.78. The minimum Gasteiger partial charge on any atom is -0.0789 e. The molecule has 0 N–H and O–H groups in total. The van der Waals surface area contributed by atoms with Crippen molar-refractivity contribution in [3.63, 3.8) is 0 Å². The van der Waals surface area contributed by atoms with E-state index in [0.29, 0.717) is 3.42 Å². The maximum Gasteiger partial charge on any atom is 0.0219 e. The van der Waals surface area contributed by atoms with Crippen LogP contribution in [0.25, 0.3) is 0 Å². The molecule has 2 unspecified atom stereocenters. The van der Waals surface area contributed by atoms with Crippen LogP contribution in [0, 0.1) is 5.92 Å². The Kier molecular flexibility index (Phi) is 2.41. The van der Waals surface area contributed by atoms with Crippen LogP contribution in [0.3, 0.4) is 0 Å². The van der Waals surface area contributed by atoms with E-state index in [9.17, 15) is 0 Å². The Hall–Kier alpha value is 0.730. The number of rotatable bonds is 0. The quantitative estimate of drug-likeness (QED) is 0.448. The summed E-state index contributed by atoms with van der Waals surface area (Å²) in [7, 11) is 0. The van der Waals surface area contributed by atoms with Crippen LogP contribution >= 0.6 is 22.6 Å². The molecule has 9 heavy (non-hydrogen) atoms. The van der Waals surface area contributed by atoms with Gasteiger partial charge in [0.15, 0.2) is 0 Å². The Morgan fingerprint density at radius 2 is 2.11 bits per heavy atom. The van der Waals surface area contributed by atoms with E-state index in [1.807, 2.05) is 0 Å². The minimum absolute atomic E-state index is 0.607. The van der Waals surface area contributed by atoms with Crippen molar-refractivity contribution in [2.45, 2.75) is 43.0 Å². The van der Waals surface area contributed by atoms with Gasteiger partial charge < -0.3 is 0 Å². The van der Waals surface area contributed by atoms with E-state index in [4.69, 9.17) is 0 Å². The van der Waals surface area contributed by atoms with Crippen molar-refractivity contribution in [2.24, 2.45) is 5.92 Å². The molecule has 1 saturated carbocycles. The zero-order valence-electron chi connectivity index (χ0n) is 6.28. The molecule has 1 rings (SSSR count). The third-order valence-corrected chi connectivity index (χ3v) is 4.18. The lowest BCUT2D eigenvalue weighted by molar-refractivity contribution is 0.328. The highest BCUT2D eigenvalue weighted by Gasteiger charge is 2.29. The third kappa shape index (κ3) is 1.82. The summed E-state index contributed by atoms with van der Waals surface area (Å²) in [6.45, 7) is 4.77. The molecule has 0 heterocycles. The van der Waals surface area contributed by atoms with Crippen molar-refractivity contribution in [2.75, 3.05) is 0 Å². The van der Waals surface area contributed by atoms with Crippen LogP contribution < -0.4 is 0 Å². The Labute approximate surface area is 71.5 Å². The second-order valence-electron chi connectivity index (χ2n) is 3.42. The van der Waals surface area contributed by atoms with E-state index in [1.165, 1.54) is 25.7 Å². The SMILES string of the molecule is CC1CCCCC1(C)I. The Balaban J connectivity index is 2.49. The van der Waals surface area contributed by atoms with Crippen LogP contribution in [-0.2, 0) is 0 Å². The highest BCUT2D eigenvalue weighted by Crippen LogP contribution is 2.40. The first-order valence-corrected chi connectivity index (χ1v) is 4.90. The fourth-order valence-electron chi connectivity index (χ4n) is 1.47. The maximum absolute atomic E-state index is 2.62. The molecule has 0 saturated heterocycles. The van der Waals surface area contributed by atoms with Crippen LogP contribution in [0.5, 0.6) is 0 Å². The molecular weight excluding hydrogens is 223 g/mol. The lowest BCUT2D eigenvalue weighted by Gasteiger charge is -2.34. The molecule has 0 nitrogen and oxygen atoms in total. The van der Waals surface area contributed by atoms with Crippen molar-refractivity contribution in [1.82, 2.24) is 0 Å². The van der Waals surface area contributed by atoms with Gasteiger partial charge in [-0.3, -0.25) is 0 Å². The van der Waals surface area contributed by atoms with E-state index < -0.39 is 0 Å². The molecule has 0 aromatic rings. The second-order valence-corrected chi connectivity index (χ2v) is 5.89. The Morgan fingerprint density at radius 1 is 1.44 bits per heavy atom. The summed E-state index contributed by atoms with van der Waals surface area (Å²) in [5.74, 6) is 0.937. The fraction of sp³-hybridized carbons (Fsp3) is 1.00. The number of halogens is 1. The van der Waals surface area contributed by atoms with Gasteiger partial charge in [0, 0.05) is 3.42 Å². The minimum atomic E-state index is 0.607. The molecule has 0 aromatic carbocycles. The van der Waals surface area contributed by atoms with E-state index in [1.54, 1.807) is 0 Å². The van der Waals surface area contributed by atoms with E-state index in [-0.39, 0.29) is 0 Å². The molecule has 0 amide bonds. The fourth-order valence-corrected chi connectivity index (χ4v) is 2.16. The Morgan fingerprint density at radius 3 is 2.44 bits per heavy atom. The van der Waals surface area contributed by atoms with Crippen molar-refractivity contribution >= 4 is 22.6 Å². The molecule has 0 radical (unpaired) electrons.